The summed E-state index contributed by atoms with van der Waals surface area (Å²) in [7, 11) is 2.04. The lowest BCUT2D eigenvalue weighted by atomic mass is 10.2. The summed E-state index contributed by atoms with van der Waals surface area (Å²) in [4.78, 5) is 12.2. The Morgan fingerprint density at radius 2 is 2.30 bits per heavy atom. The van der Waals surface area contributed by atoms with Gasteiger partial charge in [0.1, 0.15) is 0 Å². The van der Waals surface area contributed by atoms with Crippen LogP contribution in [0, 0.1) is 0 Å². The van der Waals surface area contributed by atoms with Gasteiger partial charge in [-0.25, -0.2) is 4.98 Å². The third-order valence-corrected chi connectivity index (χ3v) is 3.96. The number of fused-ring (bicyclic) bond motifs is 1. The maximum atomic E-state index is 5.73. The Bertz CT molecular complexity index is 688. The van der Waals surface area contributed by atoms with Crippen LogP contribution in [0.4, 0.5) is 5.82 Å². The van der Waals surface area contributed by atoms with Crippen molar-refractivity contribution in [1.82, 2.24) is 14.4 Å². The van der Waals surface area contributed by atoms with Gasteiger partial charge in [0.15, 0.2) is 10.8 Å². The second-order valence-corrected chi connectivity index (χ2v) is 5.53. The number of nitrogens with two attached hydrogens (primary N) is 1. The van der Waals surface area contributed by atoms with Gasteiger partial charge in [-0.3, -0.25) is 9.38 Å². The van der Waals surface area contributed by atoms with E-state index in [0.717, 1.165) is 29.4 Å². The zero-order chi connectivity index (χ0) is 13.9. The molecular weight excluding hydrogens is 270 g/mol. The molecule has 104 valence electrons. The largest absolute Gasteiger partial charge is 0.352 e. The summed E-state index contributed by atoms with van der Waals surface area (Å²) in [5.74, 6) is 0.993. The lowest BCUT2D eigenvalue weighted by molar-refractivity contribution is 0.841. The van der Waals surface area contributed by atoms with Crippen molar-refractivity contribution in [3.05, 3.63) is 47.4 Å². The zero-order valence-corrected chi connectivity index (χ0v) is 12.2. The summed E-state index contributed by atoms with van der Waals surface area (Å²) >= 11 is 1.64. The van der Waals surface area contributed by atoms with Crippen molar-refractivity contribution in [3.8, 4) is 0 Å². The Morgan fingerprint density at radius 3 is 3.05 bits per heavy atom. The summed E-state index contributed by atoms with van der Waals surface area (Å²) in [6.45, 7) is 1.36. The monoisotopic (exact) mass is 287 g/mol. The fraction of sp³-hybridized carbons (Fsp3) is 0.286. The van der Waals surface area contributed by atoms with Crippen molar-refractivity contribution in [2.75, 3.05) is 18.5 Å². The predicted molar refractivity (Wildman–Crippen MR) is 82.2 cm³/mol. The number of nitrogens with zero attached hydrogens (tertiary/aromatic N) is 4. The predicted octanol–water partition coefficient (Wildman–Crippen LogP) is 1.93. The molecule has 0 aromatic carbocycles. The van der Waals surface area contributed by atoms with Crippen molar-refractivity contribution in [1.29, 1.82) is 0 Å². The van der Waals surface area contributed by atoms with Gasteiger partial charge in [-0.05, 0) is 18.7 Å². The van der Waals surface area contributed by atoms with Gasteiger partial charge in [0, 0.05) is 31.2 Å². The molecule has 3 rings (SSSR count). The molecule has 0 atom stereocenters. The molecule has 0 aliphatic rings. The molecule has 3 aromatic rings. The Balaban J connectivity index is 1.92. The summed E-state index contributed by atoms with van der Waals surface area (Å²) in [6, 6.07) is 5.95. The Hall–Kier alpha value is -1.92. The molecule has 0 unspecified atom stereocenters. The maximum Gasteiger partial charge on any atom is 0.195 e. The lowest BCUT2D eigenvalue weighted by Gasteiger charge is -2.17. The van der Waals surface area contributed by atoms with Crippen LogP contribution in [-0.2, 0) is 13.0 Å². The third-order valence-electron chi connectivity index (χ3n) is 3.21. The van der Waals surface area contributed by atoms with Crippen LogP contribution in [0.1, 0.15) is 11.4 Å². The van der Waals surface area contributed by atoms with E-state index in [1.165, 1.54) is 5.69 Å². The number of hydrogen-bond donors (Lipinski definition) is 1. The summed E-state index contributed by atoms with van der Waals surface area (Å²) in [5.41, 5.74) is 7.93. The molecule has 0 saturated heterocycles. The minimum absolute atomic E-state index is 0.619. The normalized spacial score (nSPS) is 11.1. The van der Waals surface area contributed by atoms with E-state index in [9.17, 15) is 0 Å². The highest BCUT2D eigenvalue weighted by atomic mass is 32.1. The number of anilines is 1. The van der Waals surface area contributed by atoms with E-state index in [4.69, 9.17) is 10.7 Å². The quantitative estimate of drug-likeness (QED) is 0.779. The van der Waals surface area contributed by atoms with E-state index in [-0.39, 0.29) is 0 Å². The van der Waals surface area contributed by atoms with Crippen molar-refractivity contribution in [3.63, 3.8) is 0 Å². The van der Waals surface area contributed by atoms with Gasteiger partial charge in [0.25, 0.3) is 0 Å². The SMILES string of the molecule is CN(Cc1ccccn1)c1nc2sccn2c1CCN. The Kier molecular flexibility index (Phi) is 3.66. The molecule has 6 heteroatoms. The van der Waals surface area contributed by atoms with Crippen LogP contribution in [0.2, 0.25) is 0 Å². The minimum atomic E-state index is 0.619. The first-order chi connectivity index (χ1) is 9.79. The maximum absolute atomic E-state index is 5.73. The van der Waals surface area contributed by atoms with E-state index in [2.05, 4.69) is 20.5 Å². The number of imidazole rings is 1. The molecular formula is C14H17N5S. The smallest absolute Gasteiger partial charge is 0.195 e. The van der Waals surface area contributed by atoms with Gasteiger partial charge in [0.2, 0.25) is 0 Å². The second kappa shape index (κ2) is 5.60. The van der Waals surface area contributed by atoms with Crippen molar-refractivity contribution >= 4 is 22.1 Å². The van der Waals surface area contributed by atoms with Crippen molar-refractivity contribution in [2.24, 2.45) is 5.73 Å². The van der Waals surface area contributed by atoms with Crippen LogP contribution < -0.4 is 10.6 Å². The van der Waals surface area contributed by atoms with Crippen LogP contribution in [0.25, 0.3) is 4.96 Å². The molecule has 0 saturated carbocycles. The van der Waals surface area contributed by atoms with Crippen LogP contribution in [0.15, 0.2) is 36.0 Å². The molecule has 0 aliphatic heterocycles. The highest BCUT2D eigenvalue weighted by Crippen LogP contribution is 2.25. The second-order valence-electron chi connectivity index (χ2n) is 4.65. The van der Waals surface area contributed by atoms with E-state index in [1.54, 1.807) is 11.3 Å². The van der Waals surface area contributed by atoms with Crippen LogP contribution in [0.3, 0.4) is 0 Å². The summed E-state index contributed by atoms with van der Waals surface area (Å²) in [6.07, 6.45) is 4.69. The first-order valence-electron chi connectivity index (χ1n) is 6.55. The van der Waals surface area contributed by atoms with E-state index < -0.39 is 0 Å². The zero-order valence-electron chi connectivity index (χ0n) is 11.4. The van der Waals surface area contributed by atoms with Gasteiger partial charge >= 0.3 is 0 Å². The average molecular weight is 287 g/mol. The van der Waals surface area contributed by atoms with Gasteiger partial charge in [0.05, 0.1) is 17.9 Å². The minimum Gasteiger partial charge on any atom is -0.352 e. The van der Waals surface area contributed by atoms with Gasteiger partial charge in [-0.15, -0.1) is 11.3 Å². The van der Waals surface area contributed by atoms with Crippen LogP contribution in [-0.4, -0.2) is 28.0 Å². The average Bonchev–Trinajstić information content (AvgIpc) is 3.03. The molecule has 5 nitrogen and oxygen atoms in total. The van der Waals surface area contributed by atoms with E-state index in [0.29, 0.717) is 6.54 Å². The fourth-order valence-corrected chi connectivity index (χ4v) is 3.03. The molecule has 3 aromatic heterocycles. The number of thiazole rings is 1. The fourth-order valence-electron chi connectivity index (χ4n) is 2.31. The topological polar surface area (TPSA) is 59.5 Å². The van der Waals surface area contributed by atoms with Crippen LogP contribution >= 0.6 is 11.3 Å². The number of pyridine rings is 1. The highest BCUT2D eigenvalue weighted by Gasteiger charge is 2.16. The first kappa shape index (κ1) is 13.1. The molecule has 0 spiro atoms. The standard InChI is InChI=1S/C14H17N5S/c1-18(10-11-4-2-3-7-16-11)13-12(5-6-15)19-8-9-20-14(19)17-13/h2-4,7-9H,5-6,10,15H2,1H3. The molecule has 20 heavy (non-hydrogen) atoms. The van der Waals surface area contributed by atoms with Gasteiger partial charge in [-0.2, -0.15) is 0 Å². The van der Waals surface area contributed by atoms with Gasteiger partial charge < -0.3 is 10.6 Å². The van der Waals surface area contributed by atoms with Crippen LogP contribution in [0.5, 0.6) is 0 Å². The summed E-state index contributed by atoms with van der Waals surface area (Å²) in [5, 5.41) is 2.05. The molecule has 0 radical (unpaired) electrons. The lowest BCUT2D eigenvalue weighted by Crippen LogP contribution is -2.20. The Morgan fingerprint density at radius 1 is 1.40 bits per heavy atom. The van der Waals surface area contributed by atoms with Crippen molar-refractivity contribution in [2.45, 2.75) is 13.0 Å². The number of hydrogen-bond acceptors (Lipinski definition) is 5. The van der Waals surface area contributed by atoms with Gasteiger partial charge in [-0.1, -0.05) is 6.07 Å². The number of aromatic nitrogens is 3. The molecule has 0 amide bonds. The first-order valence-corrected chi connectivity index (χ1v) is 7.43. The number of rotatable bonds is 5. The molecule has 3 heterocycles. The van der Waals surface area contributed by atoms with E-state index in [1.807, 2.05) is 36.8 Å². The Labute approximate surface area is 121 Å². The molecule has 0 bridgehead atoms. The summed E-state index contributed by atoms with van der Waals surface area (Å²) < 4.78 is 2.13. The van der Waals surface area contributed by atoms with E-state index >= 15 is 0 Å². The molecule has 2 N–H and O–H groups in total. The highest BCUT2D eigenvalue weighted by molar-refractivity contribution is 7.15. The molecule has 0 fully saturated rings. The van der Waals surface area contributed by atoms with Crippen molar-refractivity contribution < 1.29 is 0 Å². The molecule has 0 aliphatic carbocycles. The third kappa shape index (κ3) is 2.39.